The van der Waals surface area contributed by atoms with Gasteiger partial charge in [-0.2, -0.15) is 0 Å². The van der Waals surface area contributed by atoms with E-state index in [9.17, 15) is 9.59 Å². The quantitative estimate of drug-likeness (QED) is 0.599. The predicted molar refractivity (Wildman–Crippen MR) is 121 cm³/mol. The van der Waals surface area contributed by atoms with Gasteiger partial charge in [0.15, 0.2) is 0 Å². The van der Waals surface area contributed by atoms with Gasteiger partial charge in [0, 0.05) is 39.3 Å². The lowest BCUT2D eigenvalue weighted by molar-refractivity contribution is 0.0926. The van der Waals surface area contributed by atoms with Crippen LogP contribution in [0.5, 0.6) is 0 Å². The third kappa shape index (κ3) is 4.02. The van der Waals surface area contributed by atoms with Crippen LogP contribution in [0.15, 0.2) is 78.9 Å². The van der Waals surface area contributed by atoms with E-state index in [-0.39, 0.29) is 11.8 Å². The molecule has 1 saturated heterocycles. The molecule has 2 aliphatic heterocycles. The molecular weight excluding hydrogens is 386 g/mol. The van der Waals surface area contributed by atoms with Gasteiger partial charge in [-0.1, -0.05) is 54.6 Å². The van der Waals surface area contributed by atoms with Crippen LogP contribution in [0.25, 0.3) is 0 Å². The zero-order valence-corrected chi connectivity index (χ0v) is 17.4. The fraction of sp³-hybridized carbons (Fsp3) is 0.231. The maximum atomic E-state index is 12.7. The van der Waals surface area contributed by atoms with Crippen molar-refractivity contribution < 1.29 is 9.59 Å². The van der Waals surface area contributed by atoms with Crippen molar-refractivity contribution in [3.63, 3.8) is 0 Å². The Balaban J connectivity index is 1.18. The second-order valence-electron chi connectivity index (χ2n) is 8.20. The molecule has 0 unspecified atom stereocenters. The fourth-order valence-electron chi connectivity index (χ4n) is 4.38. The molecule has 0 aliphatic carbocycles. The van der Waals surface area contributed by atoms with Gasteiger partial charge in [-0.3, -0.25) is 19.4 Å². The van der Waals surface area contributed by atoms with E-state index in [1.54, 1.807) is 24.3 Å². The highest BCUT2D eigenvalue weighted by molar-refractivity contribution is 6.34. The van der Waals surface area contributed by atoms with E-state index in [4.69, 9.17) is 0 Å². The number of hydrogen-bond donors (Lipinski definition) is 0. The van der Waals surface area contributed by atoms with Gasteiger partial charge in [0.2, 0.25) is 0 Å². The van der Waals surface area contributed by atoms with Gasteiger partial charge < -0.3 is 0 Å². The molecule has 31 heavy (non-hydrogen) atoms. The standard InChI is InChI=1S/C26H25N3O2/c30-25-23-8-4-5-9-24(23)26(31)29(25)22-12-10-21(11-13-22)19-28-16-14-27(15-17-28)18-20-6-2-1-3-7-20/h1-13H,14-19H2. The molecule has 2 amide bonds. The zero-order chi connectivity index (χ0) is 21.2. The van der Waals surface area contributed by atoms with Crippen molar-refractivity contribution in [2.45, 2.75) is 13.1 Å². The van der Waals surface area contributed by atoms with Crippen molar-refractivity contribution in [3.05, 3.63) is 101 Å². The van der Waals surface area contributed by atoms with Crippen LogP contribution in [0.4, 0.5) is 5.69 Å². The van der Waals surface area contributed by atoms with Crippen LogP contribution in [-0.2, 0) is 13.1 Å². The summed E-state index contributed by atoms with van der Waals surface area (Å²) < 4.78 is 0. The van der Waals surface area contributed by atoms with Crippen LogP contribution in [0.3, 0.4) is 0 Å². The number of anilines is 1. The number of nitrogens with zero attached hydrogens (tertiary/aromatic N) is 3. The van der Waals surface area contributed by atoms with Crippen molar-refractivity contribution in [2.75, 3.05) is 31.1 Å². The molecule has 156 valence electrons. The maximum absolute atomic E-state index is 12.7. The second kappa shape index (κ2) is 8.46. The second-order valence-corrected chi connectivity index (χ2v) is 8.20. The summed E-state index contributed by atoms with van der Waals surface area (Å²) in [4.78, 5) is 31.6. The minimum absolute atomic E-state index is 0.247. The average Bonchev–Trinajstić information content (AvgIpc) is 3.07. The Morgan fingerprint density at radius 3 is 1.52 bits per heavy atom. The lowest BCUT2D eigenvalue weighted by Crippen LogP contribution is -2.45. The van der Waals surface area contributed by atoms with Gasteiger partial charge in [0.25, 0.3) is 11.8 Å². The van der Waals surface area contributed by atoms with Gasteiger partial charge >= 0.3 is 0 Å². The predicted octanol–water partition coefficient (Wildman–Crippen LogP) is 3.81. The minimum atomic E-state index is -0.247. The molecule has 2 aliphatic rings. The molecule has 5 rings (SSSR count). The summed E-state index contributed by atoms with van der Waals surface area (Å²) >= 11 is 0. The van der Waals surface area contributed by atoms with Crippen molar-refractivity contribution >= 4 is 17.5 Å². The number of hydrogen-bond acceptors (Lipinski definition) is 4. The lowest BCUT2D eigenvalue weighted by atomic mass is 10.1. The summed E-state index contributed by atoms with van der Waals surface area (Å²) in [7, 11) is 0. The number of carbonyl (C=O) groups is 2. The molecule has 0 bridgehead atoms. The van der Waals surface area contributed by atoms with Gasteiger partial charge in [0.1, 0.15) is 0 Å². The molecule has 0 aromatic heterocycles. The first-order valence-corrected chi connectivity index (χ1v) is 10.7. The first-order valence-electron chi connectivity index (χ1n) is 10.7. The van der Waals surface area contributed by atoms with Crippen molar-refractivity contribution in [1.82, 2.24) is 9.80 Å². The summed E-state index contributed by atoms with van der Waals surface area (Å²) in [5.41, 5.74) is 4.13. The van der Waals surface area contributed by atoms with Crippen LogP contribution < -0.4 is 4.90 Å². The molecule has 0 radical (unpaired) electrons. The van der Waals surface area contributed by atoms with Crippen LogP contribution in [0, 0.1) is 0 Å². The van der Waals surface area contributed by atoms with Gasteiger partial charge in [0.05, 0.1) is 16.8 Å². The van der Waals surface area contributed by atoms with E-state index >= 15 is 0 Å². The Bertz CT molecular complexity index is 1050. The Morgan fingerprint density at radius 1 is 0.548 bits per heavy atom. The lowest BCUT2D eigenvalue weighted by Gasteiger charge is -2.34. The van der Waals surface area contributed by atoms with E-state index < -0.39 is 0 Å². The monoisotopic (exact) mass is 411 g/mol. The maximum Gasteiger partial charge on any atom is 0.266 e. The normalized spacial score (nSPS) is 17.2. The van der Waals surface area contributed by atoms with Crippen LogP contribution in [0.2, 0.25) is 0 Å². The number of piperazine rings is 1. The molecule has 0 atom stereocenters. The topological polar surface area (TPSA) is 43.9 Å². The van der Waals surface area contributed by atoms with Gasteiger partial charge in [-0.15, -0.1) is 0 Å². The summed E-state index contributed by atoms with van der Waals surface area (Å²) in [5.74, 6) is -0.495. The highest BCUT2D eigenvalue weighted by atomic mass is 16.2. The average molecular weight is 412 g/mol. The number of carbonyl (C=O) groups excluding carboxylic acids is 2. The summed E-state index contributed by atoms with van der Waals surface area (Å²) in [5, 5.41) is 0. The van der Waals surface area contributed by atoms with E-state index in [1.165, 1.54) is 16.0 Å². The third-order valence-corrected chi connectivity index (χ3v) is 6.11. The summed E-state index contributed by atoms with van der Waals surface area (Å²) in [6.07, 6.45) is 0. The van der Waals surface area contributed by atoms with E-state index in [2.05, 4.69) is 40.1 Å². The van der Waals surface area contributed by atoms with Gasteiger partial charge in [-0.05, 0) is 35.4 Å². The molecule has 0 spiro atoms. The Kier molecular flexibility index (Phi) is 5.37. The molecule has 2 heterocycles. The molecule has 0 N–H and O–H groups in total. The number of amides is 2. The fourth-order valence-corrected chi connectivity index (χ4v) is 4.38. The Hall–Kier alpha value is -3.28. The minimum Gasteiger partial charge on any atom is -0.297 e. The van der Waals surface area contributed by atoms with Crippen molar-refractivity contribution in [3.8, 4) is 0 Å². The molecule has 3 aromatic carbocycles. The zero-order valence-electron chi connectivity index (χ0n) is 17.4. The van der Waals surface area contributed by atoms with Crippen LogP contribution in [0.1, 0.15) is 31.8 Å². The number of imide groups is 1. The summed E-state index contributed by atoms with van der Waals surface area (Å²) in [6, 6.07) is 25.4. The van der Waals surface area contributed by atoms with E-state index in [1.807, 2.05) is 24.3 Å². The number of rotatable bonds is 5. The molecule has 5 nitrogen and oxygen atoms in total. The Morgan fingerprint density at radius 2 is 1.00 bits per heavy atom. The number of benzene rings is 3. The first-order chi connectivity index (χ1) is 15.2. The SMILES string of the molecule is O=C1c2ccccc2C(=O)N1c1ccc(CN2CCN(Cc3ccccc3)CC2)cc1. The molecular formula is C26H25N3O2. The van der Waals surface area contributed by atoms with Crippen molar-refractivity contribution in [1.29, 1.82) is 0 Å². The van der Waals surface area contributed by atoms with Gasteiger partial charge in [-0.25, -0.2) is 4.90 Å². The van der Waals surface area contributed by atoms with E-state index in [0.717, 1.165) is 39.3 Å². The summed E-state index contributed by atoms with van der Waals surface area (Å²) in [6.45, 7) is 6.06. The van der Waals surface area contributed by atoms with Crippen molar-refractivity contribution in [2.24, 2.45) is 0 Å². The largest absolute Gasteiger partial charge is 0.297 e. The number of fused-ring (bicyclic) bond motifs is 1. The molecule has 3 aromatic rings. The van der Waals surface area contributed by atoms with Crippen LogP contribution >= 0.6 is 0 Å². The molecule has 0 saturated carbocycles. The third-order valence-electron chi connectivity index (χ3n) is 6.11. The smallest absolute Gasteiger partial charge is 0.266 e. The molecule has 5 heteroatoms. The van der Waals surface area contributed by atoms with E-state index in [0.29, 0.717) is 16.8 Å². The molecule has 1 fully saturated rings. The Labute approximate surface area is 182 Å². The first kappa shape index (κ1) is 19.7. The highest BCUT2D eigenvalue weighted by Crippen LogP contribution is 2.28. The highest BCUT2D eigenvalue weighted by Gasteiger charge is 2.36. The van der Waals surface area contributed by atoms with Crippen LogP contribution in [-0.4, -0.2) is 47.8 Å².